The van der Waals surface area contributed by atoms with Crippen LogP contribution in [0.3, 0.4) is 0 Å². The summed E-state index contributed by atoms with van der Waals surface area (Å²) in [6.45, 7) is 2.92. The third kappa shape index (κ3) is 2.52. The zero-order valence-corrected chi connectivity index (χ0v) is 8.55. The van der Waals surface area contributed by atoms with Gasteiger partial charge in [-0.25, -0.2) is 8.78 Å². The molecule has 0 aliphatic heterocycles. The van der Waals surface area contributed by atoms with Gasteiger partial charge in [0.25, 0.3) is 0 Å². The van der Waals surface area contributed by atoms with Gasteiger partial charge in [0.05, 0.1) is 5.92 Å². The Balaban J connectivity index is 2.97. The Morgan fingerprint density at radius 2 is 2.00 bits per heavy atom. The normalized spacial score (nSPS) is 12.5. The highest BCUT2D eigenvalue weighted by Gasteiger charge is 2.17. The summed E-state index contributed by atoms with van der Waals surface area (Å²) < 4.78 is 26.4. The Labute approximate surface area is 86.5 Å². The van der Waals surface area contributed by atoms with Crippen LogP contribution in [0.5, 0.6) is 0 Å². The van der Waals surface area contributed by atoms with Crippen LogP contribution >= 0.6 is 0 Å². The van der Waals surface area contributed by atoms with Crippen molar-refractivity contribution in [3.63, 3.8) is 0 Å². The topological polar surface area (TPSA) is 37.3 Å². The molecule has 0 bridgehead atoms. The molecule has 0 aromatic heterocycles. The van der Waals surface area contributed by atoms with E-state index in [1.54, 1.807) is 0 Å². The van der Waals surface area contributed by atoms with Crippen LogP contribution in [0.2, 0.25) is 0 Å². The maximum atomic E-state index is 13.3. The van der Waals surface area contributed by atoms with Crippen LogP contribution < -0.4 is 0 Å². The Bertz CT molecular complexity index is 388. The molecule has 1 N–H and O–H groups in total. The summed E-state index contributed by atoms with van der Waals surface area (Å²) in [5, 5.41) is 8.64. The number of hydrogen-bond donors (Lipinski definition) is 1. The maximum Gasteiger partial charge on any atom is 0.306 e. The highest BCUT2D eigenvalue weighted by molar-refractivity contribution is 5.69. The molecule has 0 aliphatic carbocycles. The minimum Gasteiger partial charge on any atom is -0.481 e. The van der Waals surface area contributed by atoms with Crippen LogP contribution in [0, 0.1) is 24.5 Å². The lowest BCUT2D eigenvalue weighted by Gasteiger charge is -2.08. The second-order valence-electron chi connectivity index (χ2n) is 3.61. The van der Waals surface area contributed by atoms with Crippen molar-refractivity contribution >= 4 is 5.97 Å². The number of benzene rings is 1. The van der Waals surface area contributed by atoms with Crippen LogP contribution in [-0.4, -0.2) is 11.1 Å². The van der Waals surface area contributed by atoms with E-state index in [1.807, 2.05) is 0 Å². The van der Waals surface area contributed by atoms with Crippen molar-refractivity contribution in [1.82, 2.24) is 0 Å². The minimum absolute atomic E-state index is 0.00162. The molecule has 4 heteroatoms. The number of carboxylic acid groups (broad SMARTS) is 1. The van der Waals surface area contributed by atoms with E-state index < -0.39 is 23.5 Å². The SMILES string of the molecule is Cc1ccc(CC(C)C(=O)O)c(F)c1F. The Kier molecular flexibility index (Phi) is 3.39. The fourth-order valence-corrected chi connectivity index (χ4v) is 1.26. The Morgan fingerprint density at radius 3 is 2.53 bits per heavy atom. The second-order valence-corrected chi connectivity index (χ2v) is 3.61. The van der Waals surface area contributed by atoms with E-state index in [2.05, 4.69) is 0 Å². The van der Waals surface area contributed by atoms with Gasteiger partial charge in [0.2, 0.25) is 0 Å². The molecule has 1 atom stereocenters. The van der Waals surface area contributed by atoms with Gasteiger partial charge in [-0.1, -0.05) is 19.1 Å². The lowest BCUT2D eigenvalue weighted by Crippen LogP contribution is -2.13. The predicted molar refractivity (Wildman–Crippen MR) is 51.6 cm³/mol. The molecule has 0 amide bonds. The van der Waals surface area contributed by atoms with Gasteiger partial charge in [-0.2, -0.15) is 0 Å². The van der Waals surface area contributed by atoms with Crippen LogP contribution in [-0.2, 0) is 11.2 Å². The van der Waals surface area contributed by atoms with Gasteiger partial charge in [-0.3, -0.25) is 4.79 Å². The first-order valence-electron chi connectivity index (χ1n) is 4.59. The summed E-state index contributed by atoms with van der Waals surface area (Å²) >= 11 is 0. The highest BCUT2D eigenvalue weighted by Crippen LogP contribution is 2.18. The average molecular weight is 214 g/mol. The molecule has 82 valence electrons. The van der Waals surface area contributed by atoms with E-state index in [1.165, 1.54) is 26.0 Å². The Hall–Kier alpha value is -1.45. The fourth-order valence-electron chi connectivity index (χ4n) is 1.26. The number of aliphatic carboxylic acids is 1. The number of carbonyl (C=O) groups is 1. The molecule has 0 saturated heterocycles. The average Bonchev–Trinajstić information content (AvgIpc) is 2.18. The van der Waals surface area contributed by atoms with Gasteiger partial charge < -0.3 is 5.11 Å². The lowest BCUT2D eigenvalue weighted by molar-refractivity contribution is -0.141. The first-order chi connectivity index (χ1) is 6.93. The molecule has 1 rings (SSSR count). The van der Waals surface area contributed by atoms with Gasteiger partial charge in [-0.15, -0.1) is 0 Å². The number of carboxylic acids is 1. The van der Waals surface area contributed by atoms with Crippen molar-refractivity contribution in [3.8, 4) is 0 Å². The van der Waals surface area contributed by atoms with E-state index in [9.17, 15) is 13.6 Å². The van der Waals surface area contributed by atoms with E-state index in [0.717, 1.165) is 0 Å². The molecular weight excluding hydrogens is 202 g/mol. The third-order valence-corrected chi connectivity index (χ3v) is 2.30. The number of aryl methyl sites for hydroxylation is 1. The van der Waals surface area contributed by atoms with Gasteiger partial charge in [0, 0.05) is 0 Å². The maximum absolute atomic E-state index is 13.3. The van der Waals surface area contributed by atoms with Crippen molar-refractivity contribution in [2.75, 3.05) is 0 Å². The molecule has 0 saturated carbocycles. The van der Waals surface area contributed by atoms with Crippen molar-refractivity contribution in [2.45, 2.75) is 20.3 Å². The molecular formula is C11H12F2O2. The summed E-state index contributed by atoms with van der Waals surface area (Å²) in [4.78, 5) is 10.6. The van der Waals surface area contributed by atoms with Crippen LogP contribution in [0.15, 0.2) is 12.1 Å². The predicted octanol–water partition coefficient (Wildman–Crippen LogP) is 2.54. The zero-order valence-electron chi connectivity index (χ0n) is 8.55. The summed E-state index contributed by atoms with van der Waals surface area (Å²) in [6.07, 6.45) is -0.00162. The van der Waals surface area contributed by atoms with E-state index in [0.29, 0.717) is 0 Å². The lowest BCUT2D eigenvalue weighted by atomic mass is 9.99. The van der Waals surface area contributed by atoms with Gasteiger partial charge in [-0.05, 0) is 24.5 Å². The summed E-state index contributed by atoms with van der Waals surface area (Å²) in [5.41, 5.74) is 0.326. The van der Waals surface area contributed by atoms with Crippen molar-refractivity contribution in [3.05, 3.63) is 34.9 Å². The van der Waals surface area contributed by atoms with Crippen LogP contribution in [0.1, 0.15) is 18.1 Å². The summed E-state index contributed by atoms with van der Waals surface area (Å²) in [6, 6.07) is 2.87. The number of hydrogen-bond acceptors (Lipinski definition) is 1. The van der Waals surface area contributed by atoms with Crippen molar-refractivity contribution < 1.29 is 18.7 Å². The van der Waals surface area contributed by atoms with Gasteiger partial charge >= 0.3 is 5.97 Å². The molecule has 2 nitrogen and oxygen atoms in total. The van der Waals surface area contributed by atoms with E-state index in [-0.39, 0.29) is 17.5 Å². The monoisotopic (exact) mass is 214 g/mol. The molecule has 1 aromatic carbocycles. The third-order valence-electron chi connectivity index (χ3n) is 2.30. The molecule has 0 fully saturated rings. The Morgan fingerprint density at radius 1 is 1.40 bits per heavy atom. The summed E-state index contributed by atoms with van der Waals surface area (Å²) in [5.74, 6) is -3.58. The highest BCUT2D eigenvalue weighted by atomic mass is 19.2. The molecule has 0 radical (unpaired) electrons. The molecule has 0 spiro atoms. The second kappa shape index (κ2) is 4.38. The smallest absolute Gasteiger partial charge is 0.306 e. The first kappa shape index (κ1) is 11.6. The summed E-state index contributed by atoms with van der Waals surface area (Å²) in [7, 11) is 0. The first-order valence-corrected chi connectivity index (χ1v) is 4.59. The molecule has 0 aliphatic rings. The zero-order chi connectivity index (χ0) is 11.6. The number of halogens is 2. The fraction of sp³-hybridized carbons (Fsp3) is 0.364. The van der Waals surface area contributed by atoms with Crippen molar-refractivity contribution in [2.24, 2.45) is 5.92 Å². The minimum atomic E-state index is -1.02. The quantitative estimate of drug-likeness (QED) is 0.839. The van der Waals surface area contributed by atoms with Gasteiger partial charge in [0.15, 0.2) is 11.6 Å². The molecule has 1 unspecified atom stereocenters. The van der Waals surface area contributed by atoms with Crippen LogP contribution in [0.25, 0.3) is 0 Å². The number of rotatable bonds is 3. The van der Waals surface area contributed by atoms with E-state index >= 15 is 0 Å². The van der Waals surface area contributed by atoms with Crippen molar-refractivity contribution in [1.29, 1.82) is 0 Å². The molecule has 15 heavy (non-hydrogen) atoms. The molecule has 1 aromatic rings. The van der Waals surface area contributed by atoms with E-state index in [4.69, 9.17) is 5.11 Å². The molecule has 0 heterocycles. The largest absolute Gasteiger partial charge is 0.481 e. The van der Waals surface area contributed by atoms with Crippen LogP contribution in [0.4, 0.5) is 8.78 Å². The van der Waals surface area contributed by atoms with Gasteiger partial charge in [0.1, 0.15) is 0 Å². The standard InChI is InChI=1S/C11H12F2O2/c1-6-3-4-8(10(13)9(6)12)5-7(2)11(14)15/h3-4,7H,5H2,1-2H3,(H,14,15).